The average Bonchev–Trinajstić information content (AvgIpc) is 3.14. The van der Waals surface area contributed by atoms with Gasteiger partial charge in [0.2, 0.25) is 11.8 Å². The summed E-state index contributed by atoms with van der Waals surface area (Å²) in [5, 5.41) is 2.97. The first-order chi connectivity index (χ1) is 14.6. The smallest absolute Gasteiger partial charge is 0.230 e. The lowest BCUT2D eigenvalue weighted by Gasteiger charge is -2.26. The molecule has 0 bridgehead atoms. The summed E-state index contributed by atoms with van der Waals surface area (Å²) >= 11 is 1.52. The maximum Gasteiger partial charge on any atom is 0.230 e. The van der Waals surface area contributed by atoms with Gasteiger partial charge in [0.25, 0.3) is 0 Å². The van der Waals surface area contributed by atoms with Crippen molar-refractivity contribution in [1.82, 2.24) is 15.2 Å². The second kappa shape index (κ2) is 11.2. The topological polar surface area (TPSA) is 86.1 Å². The third kappa shape index (κ3) is 6.13. The molecule has 0 radical (unpaired) electrons. The van der Waals surface area contributed by atoms with Gasteiger partial charge in [-0.25, -0.2) is 4.98 Å². The number of ether oxygens (including phenoxy) is 3. The number of hydrogen-bond acceptors (Lipinski definition) is 8. The number of hydrogen-bond donors (Lipinski definition) is 1. The highest BCUT2D eigenvalue weighted by Crippen LogP contribution is 2.33. The highest BCUT2D eigenvalue weighted by molar-refractivity contribution is 7.99. The molecule has 0 spiro atoms. The predicted molar refractivity (Wildman–Crippen MR) is 116 cm³/mol. The molecule has 0 saturated carbocycles. The largest absolute Gasteiger partial charge is 0.493 e. The molecule has 1 amide bonds. The van der Waals surface area contributed by atoms with Crippen molar-refractivity contribution in [3.8, 4) is 23.0 Å². The summed E-state index contributed by atoms with van der Waals surface area (Å²) in [7, 11) is 3.19. The van der Waals surface area contributed by atoms with Crippen LogP contribution in [0.25, 0.3) is 11.5 Å². The van der Waals surface area contributed by atoms with Crippen LogP contribution in [0.1, 0.15) is 11.5 Å². The van der Waals surface area contributed by atoms with Crippen LogP contribution in [-0.4, -0.2) is 75.2 Å². The first kappa shape index (κ1) is 22.5. The summed E-state index contributed by atoms with van der Waals surface area (Å²) in [5.74, 6) is 3.59. The highest BCUT2D eigenvalue weighted by Gasteiger charge is 2.15. The van der Waals surface area contributed by atoms with Gasteiger partial charge in [-0.05, 0) is 25.1 Å². The van der Waals surface area contributed by atoms with Crippen molar-refractivity contribution in [1.29, 1.82) is 0 Å². The second-order valence-electron chi connectivity index (χ2n) is 6.89. The summed E-state index contributed by atoms with van der Waals surface area (Å²) in [5.41, 5.74) is 1.65. The summed E-state index contributed by atoms with van der Waals surface area (Å²) < 4.78 is 21.8. The Morgan fingerprint density at radius 1 is 1.23 bits per heavy atom. The Morgan fingerprint density at radius 3 is 2.73 bits per heavy atom. The Kier molecular flexibility index (Phi) is 8.41. The van der Waals surface area contributed by atoms with Crippen LogP contribution in [0.4, 0.5) is 0 Å². The molecule has 1 N–H and O–H groups in total. The molecule has 1 fully saturated rings. The number of aromatic nitrogens is 1. The molecular weight excluding hydrogens is 406 g/mol. The van der Waals surface area contributed by atoms with Gasteiger partial charge >= 0.3 is 0 Å². The number of carbonyl (C=O) groups excluding carboxylic acids is 1. The van der Waals surface area contributed by atoms with Crippen LogP contribution in [0.3, 0.4) is 0 Å². The van der Waals surface area contributed by atoms with Crippen LogP contribution in [0, 0.1) is 6.92 Å². The molecule has 1 saturated heterocycles. The van der Waals surface area contributed by atoms with Gasteiger partial charge in [-0.2, -0.15) is 0 Å². The van der Waals surface area contributed by atoms with Crippen molar-refractivity contribution in [3.05, 3.63) is 29.7 Å². The fourth-order valence-corrected chi connectivity index (χ4v) is 3.97. The van der Waals surface area contributed by atoms with E-state index in [-0.39, 0.29) is 5.91 Å². The first-order valence-corrected chi connectivity index (χ1v) is 11.1. The normalized spacial score (nSPS) is 14.5. The minimum atomic E-state index is 0.0366. The molecular formula is C21H29N3O5S. The lowest BCUT2D eigenvalue weighted by molar-refractivity contribution is -0.118. The molecule has 8 nitrogen and oxygen atoms in total. The minimum absolute atomic E-state index is 0.0366. The standard InChI is InChI=1S/C21H29N3O5S/c1-15-17(13-30-14-20(25)22-6-7-24-8-10-28-11-9-24)23-21(29-15)16-4-5-18(26-2)19(12-16)27-3/h4-5,12H,6-11,13-14H2,1-3H3,(H,22,25). The van der Waals surface area contributed by atoms with E-state index in [4.69, 9.17) is 18.6 Å². The summed E-state index contributed by atoms with van der Waals surface area (Å²) in [4.78, 5) is 19.0. The van der Waals surface area contributed by atoms with E-state index in [0.717, 1.165) is 49.9 Å². The minimum Gasteiger partial charge on any atom is -0.493 e. The monoisotopic (exact) mass is 435 g/mol. The number of nitrogens with one attached hydrogen (secondary N) is 1. The Balaban J connectivity index is 1.46. The van der Waals surface area contributed by atoms with E-state index in [9.17, 15) is 4.79 Å². The number of methoxy groups -OCH3 is 2. The molecule has 164 valence electrons. The lowest BCUT2D eigenvalue weighted by atomic mass is 10.2. The number of nitrogens with zero attached hydrogens (tertiary/aromatic N) is 2. The number of carbonyl (C=O) groups is 1. The van der Waals surface area contributed by atoms with E-state index in [1.807, 2.05) is 25.1 Å². The van der Waals surface area contributed by atoms with Gasteiger partial charge in [-0.3, -0.25) is 9.69 Å². The number of morpholine rings is 1. The van der Waals surface area contributed by atoms with E-state index in [2.05, 4.69) is 15.2 Å². The molecule has 1 aliphatic heterocycles. The SMILES string of the molecule is COc1ccc(-c2nc(CSCC(=O)NCCN3CCOCC3)c(C)o2)cc1OC. The molecule has 3 rings (SSSR count). The van der Waals surface area contributed by atoms with E-state index < -0.39 is 0 Å². The Morgan fingerprint density at radius 2 is 2.00 bits per heavy atom. The van der Waals surface area contributed by atoms with Crippen molar-refractivity contribution in [2.24, 2.45) is 0 Å². The van der Waals surface area contributed by atoms with Crippen LogP contribution >= 0.6 is 11.8 Å². The van der Waals surface area contributed by atoms with Crippen molar-refractivity contribution in [2.75, 3.05) is 59.4 Å². The van der Waals surface area contributed by atoms with Crippen LogP contribution in [0.5, 0.6) is 11.5 Å². The Labute approximate surface area is 181 Å². The lowest BCUT2D eigenvalue weighted by Crippen LogP contribution is -2.41. The van der Waals surface area contributed by atoms with Crippen molar-refractivity contribution in [2.45, 2.75) is 12.7 Å². The number of rotatable bonds is 10. The zero-order valence-corrected chi connectivity index (χ0v) is 18.5. The molecule has 1 aromatic carbocycles. The van der Waals surface area contributed by atoms with Crippen LogP contribution in [0.2, 0.25) is 0 Å². The molecule has 2 heterocycles. The number of benzene rings is 1. The fraction of sp³-hybridized carbons (Fsp3) is 0.524. The number of aryl methyl sites for hydroxylation is 1. The van der Waals surface area contributed by atoms with E-state index >= 15 is 0 Å². The zero-order chi connectivity index (χ0) is 21.3. The predicted octanol–water partition coefficient (Wildman–Crippen LogP) is 2.35. The number of oxazole rings is 1. The van der Waals surface area contributed by atoms with Crippen molar-refractivity contribution < 1.29 is 23.4 Å². The number of amides is 1. The van der Waals surface area contributed by atoms with Crippen LogP contribution in [-0.2, 0) is 15.3 Å². The summed E-state index contributed by atoms with van der Waals surface area (Å²) in [6.45, 7) is 6.80. The molecule has 0 atom stereocenters. The van der Waals surface area contributed by atoms with Gasteiger partial charge in [0.05, 0.1) is 38.9 Å². The van der Waals surface area contributed by atoms with Gasteiger partial charge in [-0.1, -0.05) is 0 Å². The molecule has 1 aliphatic rings. The Hall–Kier alpha value is -2.23. The van der Waals surface area contributed by atoms with Crippen LogP contribution < -0.4 is 14.8 Å². The zero-order valence-electron chi connectivity index (χ0n) is 17.7. The van der Waals surface area contributed by atoms with Gasteiger partial charge in [0, 0.05) is 37.5 Å². The van der Waals surface area contributed by atoms with Crippen molar-refractivity contribution in [3.63, 3.8) is 0 Å². The highest BCUT2D eigenvalue weighted by atomic mass is 32.2. The van der Waals surface area contributed by atoms with E-state index in [1.54, 1.807) is 14.2 Å². The third-order valence-electron chi connectivity index (χ3n) is 4.85. The summed E-state index contributed by atoms with van der Waals surface area (Å²) in [6.07, 6.45) is 0. The molecule has 0 aliphatic carbocycles. The summed E-state index contributed by atoms with van der Waals surface area (Å²) in [6, 6.07) is 5.54. The molecule has 0 unspecified atom stereocenters. The van der Waals surface area contributed by atoms with Gasteiger partial charge in [0.1, 0.15) is 5.76 Å². The van der Waals surface area contributed by atoms with Crippen LogP contribution in [0.15, 0.2) is 22.6 Å². The molecule has 2 aromatic rings. The second-order valence-corrected chi connectivity index (χ2v) is 7.87. The van der Waals surface area contributed by atoms with Crippen molar-refractivity contribution >= 4 is 17.7 Å². The average molecular weight is 436 g/mol. The van der Waals surface area contributed by atoms with Gasteiger partial charge < -0.3 is 23.9 Å². The maximum absolute atomic E-state index is 12.1. The third-order valence-corrected chi connectivity index (χ3v) is 5.79. The number of thioether (sulfide) groups is 1. The van der Waals surface area contributed by atoms with Gasteiger partial charge in [0.15, 0.2) is 11.5 Å². The maximum atomic E-state index is 12.1. The molecule has 1 aromatic heterocycles. The van der Waals surface area contributed by atoms with E-state index in [1.165, 1.54) is 11.8 Å². The quantitative estimate of drug-likeness (QED) is 0.609. The Bertz CT molecular complexity index is 836. The van der Waals surface area contributed by atoms with Gasteiger partial charge in [-0.15, -0.1) is 11.8 Å². The fourth-order valence-electron chi connectivity index (χ4n) is 3.12. The van der Waals surface area contributed by atoms with E-state index in [0.29, 0.717) is 35.4 Å². The first-order valence-electron chi connectivity index (χ1n) is 9.94. The molecule has 30 heavy (non-hydrogen) atoms. The molecule has 9 heteroatoms.